The van der Waals surface area contributed by atoms with Crippen molar-refractivity contribution in [2.24, 2.45) is 0 Å². The predicted molar refractivity (Wildman–Crippen MR) is 41.5 cm³/mol. The Hall–Kier alpha value is -1.25. The van der Waals surface area contributed by atoms with Crippen LogP contribution in [0.3, 0.4) is 0 Å². The summed E-state index contributed by atoms with van der Waals surface area (Å²) in [5.41, 5.74) is 0. The van der Waals surface area contributed by atoms with Crippen molar-refractivity contribution in [3.8, 4) is 0 Å². The van der Waals surface area contributed by atoms with Gasteiger partial charge in [-0.2, -0.15) is 0 Å². The molecule has 0 spiro atoms. The molecular formula is C8H10N2O. The molecule has 0 radical (unpaired) electrons. The van der Waals surface area contributed by atoms with E-state index in [1.54, 1.807) is 4.90 Å². The van der Waals surface area contributed by atoms with E-state index in [0.29, 0.717) is 6.54 Å². The van der Waals surface area contributed by atoms with Gasteiger partial charge in [0.1, 0.15) is 6.17 Å². The van der Waals surface area contributed by atoms with Gasteiger partial charge in [-0.05, 0) is 12.2 Å². The second kappa shape index (κ2) is 2.12. The molecule has 1 fully saturated rings. The zero-order valence-corrected chi connectivity index (χ0v) is 6.40. The SMILES string of the molecule is CN1C(=O)CN2C=CC=CC21. The van der Waals surface area contributed by atoms with E-state index in [1.165, 1.54) is 0 Å². The molecule has 2 heterocycles. The number of amides is 1. The Balaban J connectivity index is 2.27. The number of nitrogens with zero attached hydrogens (tertiary/aromatic N) is 2. The zero-order chi connectivity index (χ0) is 7.84. The van der Waals surface area contributed by atoms with Gasteiger partial charge in [0.25, 0.3) is 0 Å². The number of hydrogen-bond donors (Lipinski definition) is 0. The molecule has 1 saturated heterocycles. The van der Waals surface area contributed by atoms with Crippen LogP contribution in [0.1, 0.15) is 0 Å². The molecule has 2 aliphatic heterocycles. The van der Waals surface area contributed by atoms with Crippen LogP contribution in [0.4, 0.5) is 0 Å². The lowest BCUT2D eigenvalue weighted by Crippen LogP contribution is -2.33. The molecule has 3 nitrogen and oxygen atoms in total. The van der Waals surface area contributed by atoms with Crippen LogP contribution in [0.5, 0.6) is 0 Å². The van der Waals surface area contributed by atoms with E-state index in [2.05, 4.69) is 0 Å². The van der Waals surface area contributed by atoms with Crippen molar-refractivity contribution < 1.29 is 4.79 Å². The van der Waals surface area contributed by atoms with Crippen molar-refractivity contribution in [1.82, 2.24) is 9.80 Å². The maximum absolute atomic E-state index is 11.2. The minimum atomic E-state index is 0.160. The first-order valence-corrected chi connectivity index (χ1v) is 3.65. The monoisotopic (exact) mass is 150 g/mol. The lowest BCUT2D eigenvalue weighted by atomic mass is 10.3. The summed E-state index contributed by atoms with van der Waals surface area (Å²) in [5, 5.41) is 0. The molecule has 0 saturated carbocycles. The van der Waals surface area contributed by atoms with Crippen LogP contribution in [0.25, 0.3) is 0 Å². The molecule has 0 N–H and O–H groups in total. The van der Waals surface area contributed by atoms with Gasteiger partial charge in [-0.1, -0.05) is 6.08 Å². The lowest BCUT2D eigenvalue weighted by molar-refractivity contribution is -0.126. The van der Waals surface area contributed by atoms with Crippen molar-refractivity contribution in [3.63, 3.8) is 0 Å². The second-order valence-electron chi connectivity index (χ2n) is 2.82. The highest BCUT2D eigenvalue weighted by atomic mass is 16.2. The third-order valence-corrected chi connectivity index (χ3v) is 2.12. The number of carbonyl (C=O) groups excluding carboxylic acids is 1. The quantitative estimate of drug-likeness (QED) is 0.491. The van der Waals surface area contributed by atoms with Gasteiger partial charge < -0.3 is 9.80 Å². The average Bonchev–Trinajstić information content (AvgIpc) is 2.30. The molecule has 0 bridgehead atoms. The largest absolute Gasteiger partial charge is 0.345 e. The molecule has 0 aromatic rings. The highest BCUT2D eigenvalue weighted by Crippen LogP contribution is 2.17. The number of allylic oxidation sites excluding steroid dienone is 2. The van der Waals surface area contributed by atoms with E-state index >= 15 is 0 Å². The molecule has 2 rings (SSSR count). The summed E-state index contributed by atoms with van der Waals surface area (Å²) in [5.74, 6) is 0.186. The molecule has 0 aromatic carbocycles. The maximum Gasteiger partial charge on any atom is 0.243 e. The minimum absolute atomic E-state index is 0.160. The fourth-order valence-electron chi connectivity index (χ4n) is 1.44. The standard InChI is InChI=1S/C8H10N2O/c1-9-7-4-2-3-5-10(7)6-8(9)11/h2-5,7H,6H2,1H3. The van der Waals surface area contributed by atoms with Gasteiger partial charge in [0.15, 0.2) is 0 Å². The molecule has 0 aliphatic carbocycles. The first-order valence-electron chi connectivity index (χ1n) is 3.65. The minimum Gasteiger partial charge on any atom is -0.345 e. The number of likely N-dealkylation sites (N-methyl/N-ethyl adjacent to an activating group) is 1. The Morgan fingerprint density at radius 2 is 2.36 bits per heavy atom. The van der Waals surface area contributed by atoms with Crippen LogP contribution in [0.15, 0.2) is 24.4 Å². The molecule has 2 aliphatic rings. The van der Waals surface area contributed by atoms with Gasteiger partial charge >= 0.3 is 0 Å². The third-order valence-electron chi connectivity index (χ3n) is 2.12. The fourth-order valence-corrected chi connectivity index (χ4v) is 1.44. The number of rotatable bonds is 0. The second-order valence-corrected chi connectivity index (χ2v) is 2.82. The molecule has 11 heavy (non-hydrogen) atoms. The van der Waals surface area contributed by atoms with Crippen LogP contribution < -0.4 is 0 Å². The molecular weight excluding hydrogens is 140 g/mol. The van der Waals surface area contributed by atoms with E-state index in [1.807, 2.05) is 36.4 Å². The average molecular weight is 150 g/mol. The number of carbonyl (C=O) groups is 1. The normalized spacial score (nSPS) is 28.1. The van der Waals surface area contributed by atoms with Crippen LogP contribution in [-0.4, -0.2) is 35.5 Å². The Morgan fingerprint density at radius 1 is 1.55 bits per heavy atom. The molecule has 1 amide bonds. The van der Waals surface area contributed by atoms with Crippen LogP contribution in [0.2, 0.25) is 0 Å². The smallest absolute Gasteiger partial charge is 0.243 e. The van der Waals surface area contributed by atoms with Crippen LogP contribution >= 0.6 is 0 Å². The Morgan fingerprint density at radius 3 is 3.09 bits per heavy atom. The predicted octanol–water partition coefficient (Wildman–Crippen LogP) is 0.170. The summed E-state index contributed by atoms with van der Waals surface area (Å²) in [6.07, 6.45) is 8.04. The van der Waals surface area contributed by atoms with Gasteiger partial charge in [-0.3, -0.25) is 4.79 Å². The van der Waals surface area contributed by atoms with E-state index in [9.17, 15) is 4.79 Å². The topological polar surface area (TPSA) is 23.6 Å². The molecule has 0 aromatic heterocycles. The summed E-state index contributed by atoms with van der Waals surface area (Å²) in [7, 11) is 1.83. The first-order chi connectivity index (χ1) is 5.29. The van der Waals surface area contributed by atoms with Gasteiger partial charge in [0.05, 0.1) is 6.54 Å². The van der Waals surface area contributed by atoms with Crippen molar-refractivity contribution in [1.29, 1.82) is 0 Å². The fraction of sp³-hybridized carbons (Fsp3) is 0.375. The molecule has 1 atom stereocenters. The van der Waals surface area contributed by atoms with E-state index in [4.69, 9.17) is 0 Å². The number of hydrogen-bond acceptors (Lipinski definition) is 2. The van der Waals surface area contributed by atoms with Crippen molar-refractivity contribution in [2.45, 2.75) is 6.17 Å². The van der Waals surface area contributed by atoms with Gasteiger partial charge in [0.2, 0.25) is 5.91 Å². The van der Waals surface area contributed by atoms with Gasteiger partial charge in [0, 0.05) is 13.2 Å². The van der Waals surface area contributed by atoms with Gasteiger partial charge in [-0.25, -0.2) is 0 Å². The van der Waals surface area contributed by atoms with Crippen molar-refractivity contribution in [3.05, 3.63) is 24.4 Å². The van der Waals surface area contributed by atoms with E-state index in [0.717, 1.165) is 0 Å². The maximum atomic E-state index is 11.2. The summed E-state index contributed by atoms with van der Waals surface area (Å²) in [4.78, 5) is 14.9. The van der Waals surface area contributed by atoms with Crippen molar-refractivity contribution >= 4 is 5.91 Å². The highest BCUT2D eigenvalue weighted by Gasteiger charge is 2.31. The Labute approximate surface area is 65.6 Å². The zero-order valence-electron chi connectivity index (χ0n) is 6.40. The first kappa shape index (κ1) is 6.46. The lowest BCUT2D eigenvalue weighted by Gasteiger charge is -2.24. The summed E-state index contributed by atoms with van der Waals surface area (Å²) < 4.78 is 0. The number of fused-ring (bicyclic) bond motifs is 1. The van der Waals surface area contributed by atoms with Crippen molar-refractivity contribution in [2.75, 3.05) is 13.6 Å². The van der Waals surface area contributed by atoms with Crippen LogP contribution in [-0.2, 0) is 4.79 Å². The summed E-state index contributed by atoms with van der Waals surface area (Å²) >= 11 is 0. The Bertz CT molecular complexity index is 244. The molecule has 1 unspecified atom stereocenters. The van der Waals surface area contributed by atoms with Crippen LogP contribution in [0, 0.1) is 0 Å². The third kappa shape index (κ3) is 0.843. The molecule has 3 heteroatoms. The van der Waals surface area contributed by atoms with Gasteiger partial charge in [-0.15, -0.1) is 0 Å². The summed E-state index contributed by atoms with van der Waals surface area (Å²) in [6.45, 7) is 0.516. The van der Waals surface area contributed by atoms with E-state index < -0.39 is 0 Å². The Kier molecular flexibility index (Phi) is 1.24. The highest BCUT2D eigenvalue weighted by molar-refractivity contribution is 5.81. The van der Waals surface area contributed by atoms with E-state index in [-0.39, 0.29) is 12.1 Å². The molecule has 58 valence electrons. The summed E-state index contributed by atoms with van der Waals surface area (Å²) in [6, 6.07) is 0.